The highest BCUT2D eigenvalue weighted by Gasteiger charge is 2.47. The molecule has 132 valence electrons. The third-order valence-corrected chi connectivity index (χ3v) is 5.52. The molecule has 0 bridgehead atoms. The van der Waals surface area contributed by atoms with Crippen LogP contribution in [0.5, 0.6) is 0 Å². The van der Waals surface area contributed by atoms with E-state index in [-0.39, 0.29) is 23.9 Å². The van der Waals surface area contributed by atoms with Crippen LogP contribution in [-0.2, 0) is 4.79 Å². The second-order valence-corrected chi connectivity index (χ2v) is 7.27. The zero-order valence-corrected chi connectivity index (χ0v) is 15.0. The van der Waals surface area contributed by atoms with Crippen molar-refractivity contribution >= 4 is 23.1 Å². The molecule has 26 heavy (non-hydrogen) atoms. The van der Waals surface area contributed by atoms with Crippen LogP contribution in [0.4, 0.5) is 17.2 Å². The van der Waals surface area contributed by atoms with E-state index in [1.807, 2.05) is 29.2 Å². The van der Waals surface area contributed by atoms with Crippen LogP contribution in [0, 0.1) is 18.4 Å². The number of pyridine rings is 1. The molecule has 5 heteroatoms. The highest BCUT2D eigenvalue weighted by Crippen LogP contribution is 2.49. The number of amides is 1. The van der Waals surface area contributed by atoms with Gasteiger partial charge in [-0.1, -0.05) is 31.2 Å². The van der Waals surface area contributed by atoms with E-state index >= 15 is 0 Å². The number of fused-ring (bicyclic) bond motifs is 1. The first kappa shape index (κ1) is 16.6. The van der Waals surface area contributed by atoms with Crippen molar-refractivity contribution in [3.8, 4) is 0 Å². The molecule has 2 aliphatic rings. The maximum absolute atomic E-state index is 12.5. The number of benzene rings is 1. The number of anilines is 2. The normalized spacial score (nSPS) is 24.5. The molecular formula is C21H22N4O. The van der Waals surface area contributed by atoms with Gasteiger partial charge in [0.2, 0.25) is 11.6 Å². The average Bonchev–Trinajstić information content (AvgIpc) is 3.48. The van der Waals surface area contributed by atoms with Gasteiger partial charge in [-0.2, -0.15) is 0 Å². The van der Waals surface area contributed by atoms with E-state index in [0.717, 1.165) is 17.1 Å². The largest absolute Gasteiger partial charge is 0.363 e. The van der Waals surface area contributed by atoms with Crippen LogP contribution in [0.1, 0.15) is 38.3 Å². The van der Waals surface area contributed by atoms with Gasteiger partial charge >= 0.3 is 0 Å². The van der Waals surface area contributed by atoms with Crippen molar-refractivity contribution < 1.29 is 4.79 Å². The number of carbonyl (C=O) groups excluding carboxylic acids is 1. The molecular weight excluding hydrogens is 324 g/mol. The van der Waals surface area contributed by atoms with E-state index in [1.165, 1.54) is 12.8 Å². The number of hydrogen-bond donors (Lipinski definition) is 1. The smallest absolute Gasteiger partial charge is 0.224 e. The minimum absolute atomic E-state index is 0.0821. The molecule has 5 nitrogen and oxygen atoms in total. The maximum atomic E-state index is 12.5. The zero-order valence-electron chi connectivity index (χ0n) is 15.0. The number of nitrogens with one attached hydrogen (secondary N) is 1. The van der Waals surface area contributed by atoms with Crippen molar-refractivity contribution in [3.05, 3.63) is 59.6 Å². The van der Waals surface area contributed by atoms with Crippen LogP contribution >= 0.6 is 0 Å². The molecule has 1 N–H and O–H groups in total. The molecule has 2 heterocycles. The Morgan fingerprint density at radius 3 is 2.65 bits per heavy atom. The average molecular weight is 346 g/mol. The lowest BCUT2D eigenvalue weighted by Crippen LogP contribution is -2.51. The number of para-hydroxylation sites is 1. The van der Waals surface area contributed by atoms with Crippen LogP contribution in [-0.4, -0.2) is 16.9 Å². The molecule has 1 aromatic carbocycles. The Labute approximate surface area is 153 Å². The standard InChI is InChI=1S/C21H22N4O/c1-13-20(24-19-11-10-16(22-3)12-23-19)17-6-4-5-7-18(17)25(14(2)26)21(13)15-8-9-15/h4-7,10-13,15,20-21H,8-9H2,1-2H3,(H,23,24)/t13-,20-,21-/m1/s1. The van der Waals surface area contributed by atoms with E-state index in [1.54, 1.807) is 19.2 Å². The molecule has 2 aromatic rings. The predicted molar refractivity (Wildman–Crippen MR) is 102 cm³/mol. The molecule has 0 unspecified atom stereocenters. The van der Waals surface area contributed by atoms with Gasteiger partial charge in [0.1, 0.15) is 5.82 Å². The lowest BCUT2D eigenvalue weighted by Gasteiger charge is -2.45. The van der Waals surface area contributed by atoms with Crippen LogP contribution < -0.4 is 10.2 Å². The minimum atomic E-state index is 0.0821. The molecule has 1 fully saturated rings. The monoisotopic (exact) mass is 346 g/mol. The Morgan fingerprint density at radius 2 is 2.04 bits per heavy atom. The molecule has 1 amide bonds. The number of aromatic nitrogens is 1. The number of rotatable bonds is 3. The van der Waals surface area contributed by atoms with Crippen LogP contribution in [0.2, 0.25) is 0 Å². The quantitative estimate of drug-likeness (QED) is 0.829. The van der Waals surface area contributed by atoms with Crippen LogP contribution in [0.15, 0.2) is 42.6 Å². The first-order valence-electron chi connectivity index (χ1n) is 9.09. The van der Waals surface area contributed by atoms with Gasteiger partial charge < -0.3 is 10.2 Å². The fourth-order valence-corrected chi connectivity index (χ4v) is 4.21. The van der Waals surface area contributed by atoms with Gasteiger partial charge in [0.05, 0.1) is 12.6 Å². The summed E-state index contributed by atoms with van der Waals surface area (Å²) in [5, 5.41) is 3.56. The molecule has 1 saturated carbocycles. The van der Waals surface area contributed by atoms with E-state index in [9.17, 15) is 4.79 Å². The highest BCUT2D eigenvalue weighted by molar-refractivity contribution is 5.94. The molecule has 1 aliphatic heterocycles. The van der Waals surface area contributed by atoms with Crippen molar-refractivity contribution in [3.63, 3.8) is 0 Å². The maximum Gasteiger partial charge on any atom is 0.224 e. The minimum Gasteiger partial charge on any atom is -0.363 e. The summed E-state index contributed by atoms with van der Waals surface area (Å²) in [6.07, 6.45) is 3.96. The number of carbonyl (C=O) groups is 1. The van der Waals surface area contributed by atoms with Gasteiger partial charge in [0.15, 0.2) is 0 Å². The van der Waals surface area contributed by atoms with Crippen molar-refractivity contribution in [1.82, 2.24) is 4.98 Å². The number of nitrogens with zero attached hydrogens (tertiary/aromatic N) is 3. The second kappa shape index (κ2) is 6.45. The fraction of sp³-hybridized carbons (Fsp3) is 0.381. The SMILES string of the molecule is [C-]#[N+]c1ccc(N[C@H]2c3ccccc3N(C(C)=O)[C@@H](C3CC3)[C@@H]2C)nc1. The van der Waals surface area contributed by atoms with Crippen molar-refractivity contribution in [1.29, 1.82) is 0 Å². The van der Waals surface area contributed by atoms with E-state index in [4.69, 9.17) is 6.57 Å². The molecule has 4 rings (SSSR count). The Morgan fingerprint density at radius 1 is 1.27 bits per heavy atom. The second-order valence-electron chi connectivity index (χ2n) is 7.27. The van der Waals surface area contributed by atoms with Crippen molar-refractivity contribution in [2.75, 3.05) is 10.2 Å². The Kier molecular flexibility index (Phi) is 4.12. The summed E-state index contributed by atoms with van der Waals surface area (Å²) in [6.45, 7) is 11.0. The predicted octanol–water partition coefficient (Wildman–Crippen LogP) is 4.57. The Hall–Kier alpha value is -2.87. The van der Waals surface area contributed by atoms with Gasteiger partial charge in [-0.05, 0) is 36.5 Å². The summed E-state index contributed by atoms with van der Waals surface area (Å²) in [5.41, 5.74) is 2.67. The summed E-state index contributed by atoms with van der Waals surface area (Å²) in [4.78, 5) is 22.2. The molecule has 0 radical (unpaired) electrons. The van der Waals surface area contributed by atoms with Crippen LogP contribution in [0.3, 0.4) is 0 Å². The summed E-state index contributed by atoms with van der Waals surface area (Å²) in [6, 6.07) is 12.1. The number of hydrogen-bond acceptors (Lipinski definition) is 3. The van der Waals surface area contributed by atoms with E-state index in [2.05, 4.69) is 28.1 Å². The van der Waals surface area contributed by atoms with Crippen LogP contribution in [0.25, 0.3) is 4.85 Å². The summed E-state index contributed by atoms with van der Waals surface area (Å²) in [7, 11) is 0. The fourth-order valence-electron chi connectivity index (χ4n) is 4.21. The first-order valence-corrected chi connectivity index (χ1v) is 9.09. The summed E-state index contributed by atoms with van der Waals surface area (Å²) >= 11 is 0. The molecule has 0 saturated heterocycles. The molecule has 1 aliphatic carbocycles. The summed E-state index contributed by atoms with van der Waals surface area (Å²) < 4.78 is 0. The summed E-state index contributed by atoms with van der Waals surface area (Å²) in [5.74, 6) is 1.71. The van der Waals surface area contributed by atoms with Crippen molar-refractivity contribution in [2.45, 2.75) is 38.8 Å². The van der Waals surface area contributed by atoms with Gasteiger partial charge in [0, 0.05) is 30.8 Å². The third kappa shape index (κ3) is 2.82. The molecule has 3 atom stereocenters. The first-order chi connectivity index (χ1) is 12.6. The highest BCUT2D eigenvalue weighted by atomic mass is 16.2. The lowest BCUT2D eigenvalue weighted by atomic mass is 9.80. The Balaban J connectivity index is 1.74. The van der Waals surface area contributed by atoms with Gasteiger partial charge in [-0.25, -0.2) is 4.85 Å². The molecule has 1 aromatic heterocycles. The van der Waals surface area contributed by atoms with Gasteiger partial charge in [0.25, 0.3) is 0 Å². The lowest BCUT2D eigenvalue weighted by molar-refractivity contribution is -0.117. The zero-order chi connectivity index (χ0) is 18.3. The Bertz CT molecular complexity index is 866. The van der Waals surface area contributed by atoms with E-state index < -0.39 is 0 Å². The third-order valence-electron chi connectivity index (χ3n) is 5.52. The van der Waals surface area contributed by atoms with E-state index in [0.29, 0.717) is 11.6 Å². The van der Waals surface area contributed by atoms with Gasteiger partial charge in [-0.3, -0.25) is 9.78 Å². The molecule has 0 spiro atoms. The van der Waals surface area contributed by atoms with Gasteiger partial charge in [-0.15, -0.1) is 0 Å². The topological polar surface area (TPSA) is 49.6 Å². The van der Waals surface area contributed by atoms with Crippen molar-refractivity contribution in [2.24, 2.45) is 11.8 Å².